The number of nitrogens with zero attached hydrogens (tertiary/aromatic N) is 2. The fourth-order valence-corrected chi connectivity index (χ4v) is 2.14. The Morgan fingerprint density at radius 1 is 1.23 bits per heavy atom. The van der Waals surface area contributed by atoms with Crippen LogP contribution in [0.3, 0.4) is 0 Å². The summed E-state index contributed by atoms with van der Waals surface area (Å²) in [5.41, 5.74) is 2.57. The number of esters is 1. The van der Waals surface area contributed by atoms with Crippen LogP contribution in [0.5, 0.6) is 0 Å². The topological polar surface area (TPSA) is 73.2 Å². The number of nitrogens with one attached hydrogen (secondary N) is 1. The highest BCUT2D eigenvalue weighted by Crippen LogP contribution is 2.20. The molecule has 2 rings (SSSR count). The average Bonchev–Trinajstić information content (AvgIpc) is 2.76. The summed E-state index contributed by atoms with van der Waals surface area (Å²) in [7, 11) is 0. The monoisotopic (exact) mass is 301 g/mol. The summed E-state index contributed by atoms with van der Waals surface area (Å²) in [5, 5.41) is 7.13. The van der Waals surface area contributed by atoms with Crippen molar-refractivity contribution in [2.75, 3.05) is 11.9 Å². The molecule has 6 heteroatoms. The highest BCUT2D eigenvalue weighted by molar-refractivity contribution is 6.04. The molecule has 1 heterocycles. The third-order valence-electron chi connectivity index (χ3n) is 3.24. The predicted octanol–water partition coefficient (Wildman–Crippen LogP) is 2.32. The van der Waals surface area contributed by atoms with Crippen LogP contribution >= 0.6 is 0 Å². The van der Waals surface area contributed by atoms with Crippen molar-refractivity contribution in [3.63, 3.8) is 0 Å². The summed E-state index contributed by atoms with van der Waals surface area (Å²) in [4.78, 5) is 23.8. The first-order chi connectivity index (χ1) is 10.5. The van der Waals surface area contributed by atoms with Gasteiger partial charge in [0.2, 0.25) is 0 Å². The van der Waals surface area contributed by atoms with Gasteiger partial charge in [0.05, 0.1) is 23.7 Å². The quantitative estimate of drug-likeness (QED) is 0.860. The van der Waals surface area contributed by atoms with Crippen molar-refractivity contribution in [1.29, 1.82) is 0 Å². The van der Waals surface area contributed by atoms with Crippen molar-refractivity contribution < 1.29 is 14.3 Å². The van der Waals surface area contributed by atoms with Gasteiger partial charge in [0.1, 0.15) is 6.54 Å². The van der Waals surface area contributed by atoms with E-state index in [1.807, 2.05) is 6.07 Å². The van der Waals surface area contributed by atoms with E-state index in [9.17, 15) is 9.59 Å². The van der Waals surface area contributed by atoms with E-state index in [0.29, 0.717) is 23.6 Å². The molecule has 1 aromatic carbocycles. The number of hydrogen-bond acceptors (Lipinski definition) is 4. The maximum Gasteiger partial charge on any atom is 0.327 e. The number of aromatic nitrogens is 2. The third-order valence-corrected chi connectivity index (χ3v) is 3.24. The van der Waals surface area contributed by atoms with E-state index in [1.54, 1.807) is 45.0 Å². The molecular weight excluding hydrogens is 282 g/mol. The van der Waals surface area contributed by atoms with Gasteiger partial charge in [0.15, 0.2) is 0 Å². The number of hydrogen-bond donors (Lipinski definition) is 1. The first kappa shape index (κ1) is 15.8. The number of anilines is 1. The first-order valence-corrected chi connectivity index (χ1v) is 7.09. The van der Waals surface area contributed by atoms with Crippen LogP contribution in [0, 0.1) is 13.8 Å². The molecule has 0 bridgehead atoms. The summed E-state index contributed by atoms with van der Waals surface area (Å²) in [6, 6.07) is 8.94. The van der Waals surface area contributed by atoms with E-state index >= 15 is 0 Å². The fourth-order valence-electron chi connectivity index (χ4n) is 2.14. The van der Waals surface area contributed by atoms with Crippen molar-refractivity contribution in [2.24, 2.45) is 0 Å². The number of carbonyl (C=O) groups excluding carboxylic acids is 2. The van der Waals surface area contributed by atoms with Gasteiger partial charge in [-0.1, -0.05) is 18.2 Å². The number of rotatable bonds is 5. The largest absolute Gasteiger partial charge is 0.465 e. The summed E-state index contributed by atoms with van der Waals surface area (Å²) >= 11 is 0. The molecule has 0 saturated heterocycles. The number of aryl methyl sites for hydroxylation is 1. The van der Waals surface area contributed by atoms with E-state index in [4.69, 9.17) is 4.74 Å². The highest BCUT2D eigenvalue weighted by Gasteiger charge is 2.16. The number of ether oxygens (including phenoxy) is 1. The van der Waals surface area contributed by atoms with Crippen LogP contribution in [0.1, 0.15) is 28.7 Å². The van der Waals surface area contributed by atoms with Crippen molar-refractivity contribution >= 4 is 17.6 Å². The van der Waals surface area contributed by atoms with Crippen LogP contribution in [0.25, 0.3) is 0 Å². The van der Waals surface area contributed by atoms with Crippen LogP contribution in [0.4, 0.5) is 5.69 Å². The lowest BCUT2D eigenvalue weighted by Crippen LogP contribution is -2.16. The standard InChI is InChI=1S/C16H19N3O3/c1-4-22-14(20)10-19-12(3)15(11(2)18-19)17-16(21)13-8-6-5-7-9-13/h5-9H,4,10H2,1-3H3,(H,17,21). The zero-order valence-corrected chi connectivity index (χ0v) is 12.9. The smallest absolute Gasteiger partial charge is 0.327 e. The maximum atomic E-state index is 12.2. The molecule has 0 unspecified atom stereocenters. The molecule has 1 amide bonds. The maximum absolute atomic E-state index is 12.2. The Morgan fingerprint density at radius 2 is 1.91 bits per heavy atom. The molecule has 6 nitrogen and oxygen atoms in total. The van der Waals surface area contributed by atoms with Crippen LogP contribution in [-0.2, 0) is 16.1 Å². The van der Waals surface area contributed by atoms with Crippen LogP contribution < -0.4 is 5.32 Å². The van der Waals surface area contributed by atoms with E-state index in [-0.39, 0.29) is 18.4 Å². The van der Waals surface area contributed by atoms with Gasteiger partial charge in [-0.3, -0.25) is 14.3 Å². The number of amides is 1. The minimum atomic E-state index is -0.353. The molecule has 0 aliphatic heterocycles. The molecule has 22 heavy (non-hydrogen) atoms. The van der Waals surface area contributed by atoms with E-state index in [2.05, 4.69) is 10.4 Å². The second kappa shape index (κ2) is 6.89. The molecule has 0 spiro atoms. The Labute approximate surface area is 129 Å². The van der Waals surface area contributed by atoms with Crippen molar-refractivity contribution in [3.8, 4) is 0 Å². The molecule has 0 saturated carbocycles. The van der Waals surface area contributed by atoms with Gasteiger partial charge in [-0.05, 0) is 32.9 Å². The van der Waals surface area contributed by atoms with Gasteiger partial charge in [-0.2, -0.15) is 5.10 Å². The Hall–Kier alpha value is -2.63. The van der Waals surface area contributed by atoms with Crippen LogP contribution in [-0.4, -0.2) is 28.3 Å². The van der Waals surface area contributed by atoms with Crippen LogP contribution in [0.15, 0.2) is 30.3 Å². The SMILES string of the molecule is CCOC(=O)Cn1nc(C)c(NC(=O)c2ccccc2)c1C. The molecule has 0 aliphatic carbocycles. The van der Waals surface area contributed by atoms with Crippen molar-refractivity contribution in [1.82, 2.24) is 9.78 Å². The summed E-state index contributed by atoms with van der Waals surface area (Å²) < 4.78 is 6.45. The number of carbonyl (C=O) groups is 2. The molecule has 1 aromatic heterocycles. The molecule has 1 N–H and O–H groups in total. The van der Waals surface area contributed by atoms with Gasteiger partial charge < -0.3 is 10.1 Å². The lowest BCUT2D eigenvalue weighted by atomic mass is 10.2. The van der Waals surface area contributed by atoms with Gasteiger partial charge in [-0.15, -0.1) is 0 Å². The lowest BCUT2D eigenvalue weighted by molar-refractivity contribution is -0.144. The van der Waals surface area contributed by atoms with Gasteiger partial charge in [0, 0.05) is 5.56 Å². The fraction of sp³-hybridized carbons (Fsp3) is 0.312. The molecule has 0 aliphatic rings. The molecule has 0 fully saturated rings. The first-order valence-electron chi connectivity index (χ1n) is 7.09. The summed E-state index contributed by atoms with van der Waals surface area (Å²) in [5.74, 6) is -0.559. The molecule has 0 radical (unpaired) electrons. The second-order valence-electron chi connectivity index (χ2n) is 4.83. The van der Waals surface area contributed by atoms with Crippen molar-refractivity contribution in [2.45, 2.75) is 27.3 Å². The summed E-state index contributed by atoms with van der Waals surface area (Å²) in [6.45, 7) is 5.71. The Bertz CT molecular complexity index is 677. The second-order valence-corrected chi connectivity index (χ2v) is 4.83. The van der Waals surface area contributed by atoms with Gasteiger partial charge >= 0.3 is 5.97 Å². The van der Waals surface area contributed by atoms with E-state index < -0.39 is 0 Å². The Balaban J connectivity index is 2.17. The van der Waals surface area contributed by atoms with Crippen molar-refractivity contribution in [3.05, 3.63) is 47.3 Å². The minimum Gasteiger partial charge on any atom is -0.465 e. The average molecular weight is 301 g/mol. The molecule has 0 atom stereocenters. The highest BCUT2D eigenvalue weighted by atomic mass is 16.5. The van der Waals surface area contributed by atoms with Gasteiger partial charge in [-0.25, -0.2) is 0 Å². The molecule has 2 aromatic rings. The third kappa shape index (κ3) is 3.52. The lowest BCUT2D eigenvalue weighted by Gasteiger charge is -2.07. The Morgan fingerprint density at radius 3 is 2.55 bits per heavy atom. The minimum absolute atomic E-state index is 0.0295. The summed E-state index contributed by atoms with van der Waals surface area (Å²) in [6.07, 6.45) is 0. The van der Waals surface area contributed by atoms with Gasteiger partial charge in [0.25, 0.3) is 5.91 Å². The Kier molecular flexibility index (Phi) is 4.93. The van der Waals surface area contributed by atoms with Crippen LogP contribution in [0.2, 0.25) is 0 Å². The normalized spacial score (nSPS) is 10.3. The zero-order valence-electron chi connectivity index (χ0n) is 12.9. The molecular formula is C16H19N3O3. The van der Waals surface area contributed by atoms with E-state index in [1.165, 1.54) is 4.68 Å². The van der Waals surface area contributed by atoms with E-state index in [0.717, 1.165) is 5.69 Å². The zero-order chi connectivity index (χ0) is 16.1. The molecule has 116 valence electrons. The number of benzene rings is 1. The predicted molar refractivity (Wildman–Crippen MR) is 82.7 cm³/mol.